The number of alkyl halides is 3. The number of oxime groups is 1. The molecule has 0 saturated carbocycles. The first-order chi connectivity index (χ1) is 18.6. The lowest BCUT2D eigenvalue weighted by molar-refractivity contribution is -0.138. The molecule has 1 amide bonds. The van der Waals surface area contributed by atoms with Crippen LogP contribution in [-0.2, 0) is 15.8 Å². The molecule has 1 saturated heterocycles. The lowest BCUT2D eigenvalue weighted by Crippen LogP contribution is -2.40. The van der Waals surface area contributed by atoms with Gasteiger partial charge >= 0.3 is 12.2 Å². The number of thiazole rings is 1. The molecule has 1 fully saturated rings. The molecule has 8 nitrogen and oxygen atoms in total. The molecule has 5 rings (SSSR count). The minimum atomic E-state index is -4.54. The maximum absolute atomic E-state index is 12.6. The summed E-state index contributed by atoms with van der Waals surface area (Å²) in [7, 11) is 0. The van der Waals surface area contributed by atoms with Crippen LogP contribution >= 0.6 is 46.1 Å². The van der Waals surface area contributed by atoms with E-state index < -0.39 is 17.8 Å². The number of hydrogen-bond donors (Lipinski definition) is 0. The van der Waals surface area contributed by atoms with E-state index in [4.69, 9.17) is 49.4 Å². The summed E-state index contributed by atoms with van der Waals surface area (Å²) in [6.07, 6.45) is -1.88. The van der Waals surface area contributed by atoms with Gasteiger partial charge in [0, 0.05) is 53.8 Å². The number of carbonyl (C=O) groups is 1. The Kier molecular flexibility index (Phi) is 8.18. The van der Waals surface area contributed by atoms with Crippen LogP contribution in [0.4, 0.5) is 13.2 Å². The van der Waals surface area contributed by atoms with Crippen molar-refractivity contribution in [1.82, 2.24) is 19.9 Å². The summed E-state index contributed by atoms with van der Waals surface area (Å²) in [5.74, 6) is -0.120. The Morgan fingerprint density at radius 2 is 1.79 bits per heavy atom. The van der Waals surface area contributed by atoms with Gasteiger partial charge in [0.2, 0.25) is 0 Å². The number of amides is 1. The summed E-state index contributed by atoms with van der Waals surface area (Å²) in [4.78, 5) is 31.6. The van der Waals surface area contributed by atoms with Gasteiger partial charge in [-0.15, -0.1) is 11.3 Å². The van der Waals surface area contributed by atoms with Gasteiger partial charge in [-0.3, -0.25) is 4.79 Å². The molecule has 0 spiro atoms. The molecule has 0 bridgehead atoms. The maximum atomic E-state index is 12.6. The summed E-state index contributed by atoms with van der Waals surface area (Å²) in [6.45, 7) is 0.630. The standard InChI is InChI=1S/C24H19Cl3F3N5O3S/c25-14-5-15(26)21(16(27)6-14)19-7-17(34-38-19)18-11-39-22(33-18)12-1-3-35(4-2-12)20(36)10-37-23-31-8-13(9-32-23)24(28,29)30/h5-6,8-9,11-12,19H,1-4,7,10H2. The molecule has 2 aliphatic rings. The van der Waals surface area contributed by atoms with Crippen LogP contribution in [0.25, 0.3) is 0 Å². The van der Waals surface area contributed by atoms with Gasteiger partial charge in [0.25, 0.3) is 5.91 Å². The van der Waals surface area contributed by atoms with Crippen molar-refractivity contribution in [2.45, 2.75) is 37.5 Å². The summed E-state index contributed by atoms with van der Waals surface area (Å²) >= 11 is 20.2. The number of aromatic nitrogens is 3. The van der Waals surface area contributed by atoms with E-state index in [0.717, 1.165) is 10.7 Å². The number of nitrogens with zero attached hydrogens (tertiary/aromatic N) is 5. The third kappa shape index (κ3) is 6.40. The molecule has 1 atom stereocenters. The van der Waals surface area contributed by atoms with Crippen LogP contribution in [0, 0.1) is 0 Å². The summed E-state index contributed by atoms with van der Waals surface area (Å²) in [5.41, 5.74) is 1.06. The van der Waals surface area contributed by atoms with Crippen LogP contribution in [0.5, 0.6) is 6.01 Å². The number of hydrogen-bond acceptors (Lipinski definition) is 8. The second kappa shape index (κ2) is 11.4. The van der Waals surface area contributed by atoms with Crippen molar-refractivity contribution >= 4 is 57.8 Å². The summed E-state index contributed by atoms with van der Waals surface area (Å²) in [5, 5.41) is 8.33. The van der Waals surface area contributed by atoms with Crippen LogP contribution in [0.2, 0.25) is 15.1 Å². The predicted octanol–water partition coefficient (Wildman–Crippen LogP) is 6.56. The lowest BCUT2D eigenvalue weighted by atomic mass is 9.97. The van der Waals surface area contributed by atoms with Crippen molar-refractivity contribution in [3.05, 3.63) is 66.8 Å². The molecule has 206 valence electrons. The number of rotatable bonds is 6. The van der Waals surface area contributed by atoms with E-state index in [1.165, 1.54) is 11.3 Å². The predicted molar refractivity (Wildman–Crippen MR) is 140 cm³/mol. The molecule has 39 heavy (non-hydrogen) atoms. The molecule has 0 aliphatic carbocycles. The van der Waals surface area contributed by atoms with E-state index >= 15 is 0 Å². The first kappa shape index (κ1) is 27.9. The van der Waals surface area contributed by atoms with Gasteiger partial charge in [-0.2, -0.15) is 13.2 Å². The monoisotopic (exact) mass is 619 g/mol. The van der Waals surface area contributed by atoms with Crippen LogP contribution in [0.15, 0.2) is 35.1 Å². The second-order valence-corrected chi connectivity index (χ2v) is 11.0. The first-order valence-electron chi connectivity index (χ1n) is 11.7. The Morgan fingerprint density at radius 3 is 2.44 bits per heavy atom. The van der Waals surface area contributed by atoms with E-state index in [1.54, 1.807) is 17.0 Å². The first-order valence-corrected chi connectivity index (χ1v) is 13.7. The number of carbonyl (C=O) groups excluding carboxylic acids is 1. The Morgan fingerprint density at radius 1 is 1.13 bits per heavy atom. The molecule has 0 N–H and O–H groups in total. The third-order valence-corrected chi connectivity index (χ3v) is 8.18. The van der Waals surface area contributed by atoms with Gasteiger partial charge in [0.15, 0.2) is 12.7 Å². The zero-order valence-corrected chi connectivity index (χ0v) is 23.0. The number of benzene rings is 1. The van der Waals surface area contributed by atoms with Crippen molar-refractivity contribution in [3.8, 4) is 6.01 Å². The number of piperidine rings is 1. The highest BCUT2D eigenvalue weighted by molar-refractivity contribution is 7.10. The van der Waals surface area contributed by atoms with E-state index in [2.05, 4.69) is 15.1 Å². The second-order valence-electron chi connectivity index (χ2n) is 8.89. The Hall–Kier alpha value is -2.67. The molecule has 3 aromatic rings. The van der Waals surface area contributed by atoms with Crippen LogP contribution in [-0.4, -0.2) is 51.2 Å². The average Bonchev–Trinajstić information content (AvgIpc) is 3.57. The fourth-order valence-corrected chi connectivity index (χ4v) is 6.34. The molecule has 0 radical (unpaired) electrons. The van der Waals surface area contributed by atoms with Gasteiger partial charge in [0.1, 0.15) is 5.71 Å². The zero-order chi connectivity index (χ0) is 27.7. The minimum absolute atomic E-state index is 0.172. The van der Waals surface area contributed by atoms with Crippen molar-refractivity contribution in [2.75, 3.05) is 19.7 Å². The van der Waals surface area contributed by atoms with Gasteiger partial charge in [0.05, 0.1) is 26.3 Å². The van der Waals surface area contributed by atoms with E-state index in [0.29, 0.717) is 71.1 Å². The highest BCUT2D eigenvalue weighted by Crippen LogP contribution is 2.40. The Balaban J connectivity index is 1.12. The number of likely N-dealkylation sites (tertiary alicyclic amines) is 1. The Labute approximate surface area is 239 Å². The topological polar surface area (TPSA) is 89.8 Å². The quantitative estimate of drug-likeness (QED) is 0.310. The average molecular weight is 621 g/mol. The molecule has 2 aliphatic heterocycles. The largest absolute Gasteiger partial charge is 0.453 e. The maximum Gasteiger partial charge on any atom is 0.419 e. The highest BCUT2D eigenvalue weighted by atomic mass is 35.5. The molecule has 4 heterocycles. The highest BCUT2D eigenvalue weighted by Gasteiger charge is 2.32. The van der Waals surface area contributed by atoms with Gasteiger partial charge < -0.3 is 14.5 Å². The number of halogens is 6. The molecule has 15 heteroatoms. The lowest BCUT2D eigenvalue weighted by Gasteiger charge is -2.31. The molecule has 1 aromatic carbocycles. The fraction of sp³-hybridized carbons (Fsp3) is 0.375. The van der Waals surface area contributed by atoms with Crippen molar-refractivity contribution in [2.24, 2.45) is 5.16 Å². The molecule has 2 aromatic heterocycles. The van der Waals surface area contributed by atoms with Crippen LogP contribution < -0.4 is 4.74 Å². The fourth-order valence-electron chi connectivity index (χ4n) is 4.28. The normalized spacial score (nSPS) is 18.2. The van der Waals surface area contributed by atoms with E-state index in [9.17, 15) is 18.0 Å². The minimum Gasteiger partial charge on any atom is -0.453 e. The summed E-state index contributed by atoms with van der Waals surface area (Å²) in [6, 6.07) is 2.93. The Bertz CT molecular complexity index is 1370. The van der Waals surface area contributed by atoms with Gasteiger partial charge in [-0.25, -0.2) is 15.0 Å². The van der Waals surface area contributed by atoms with E-state index in [1.807, 2.05) is 5.38 Å². The van der Waals surface area contributed by atoms with Crippen molar-refractivity contribution in [1.29, 1.82) is 0 Å². The molecular formula is C24H19Cl3F3N5O3S. The van der Waals surface area contributed by atoms with Crippen LogP contribution in [0.3, 0.4) is 0 Å². The SMILES string of the molecule is O=C(COc1ncc(C(F)(F)F)cn1)N1CCC(c2nc(C3=NOC(c4c(Cl)cc(Cl)cc4Cl)C3)cs2)CC1. The van der Waals surface area contributed by atoms with Crippen molar-refractivity contribution < 1.29 is 27.5 Å². The zero-order valence-electron chi connectivity index (χ0n) is 19.9. The van der Waals surface area contributed by atoms with Crippen molar-refractivity contribution in [3.63, 3.8) is 0 Å². The molecular weight excluding hydrogens is 602 g/mol. The summed E-state index contributed by atoms with van der Waals surface area (Å²) < 4.78 is 43.0. The number of ether oxygens (including phenoxy) is 1. The molecule has 1 unspecified atom stereocenters. The third-order valence-electron chi connectivity index (χ3n) is 6.33. The van der Waals surface area contributed by atoms with Gasteiger partial charge in [-0.05, 0) is 25.0 Å². The van der Waals surface area contributed by atoms with Gasteiger partial charge in [-0.1, -0.05) is 40.0 Å². The van der Waals surface area contributed by atoms with E-state index in [-0.39, 0.29) is 24.4 Å². The smallest absolute Gasteiger partial charge is 0.419 e. The van der Waals surface area contributed by atoms with Crippen LogP contribution in [0.1, 0.15) is 53.1 Å².